The molecule has 2 amide bonds. The van der Waals surface area contributed by atoms with E-state index in [9.17, 15) is 9.59 Å². The number of esters is 1. The molecule has 0 aliphatic rings. The maximum atomic E-state index is 13.1. The first-order valence-corrected chi connectivity index (χ1v) is 14.5. The minimum Gasteiger partial charge on any atom is -0.466 e. The van der Waals surface area contributed by atoms with E-state index in [2.05, 4.69) is 48.6 Å². The predicted octanol–water partition coefficient (Wildman–Crippen LogP) is 7.67. The van der Waals surface area contributed by atoms with Crippen molar-refractivity contribution in [2.45, 2.75) is 68.6 Å². The van der Waals surface area contributed by atoms with Crippen LogP contribution in [0.4, 0.5) is 10.5 Å². The molecule has 0 atom stereocenters. The van der Waals surface area contributed by atoms with Gasteiger partial charge in [0.15, 0.2) is 0 Å². The van der Waals surface area contributed by atoms with Crippen molar-refractivity contribution in [1.29, 1.82) is 0 Å². The molecule has 0 saturated heterocycles. The molecule has 0 saturated carbocycles. The first kappa shape index (κ1) is 29.3. The lowest BCUT2D eigenvalue weighted by Gasteiger charge is -2.24. The molecular weight excluding hydrogens is 492 g/mol. The number of nitrogens with one attached hydrogen (secondary N) is 1. The molecule has 6 heteroatoms. The summed E-state index contributed by atoms with van der Waals surface area (Å²) in [4.78, 5) is 28.9. The van der Waals surface area contributed by atoms with Gasteiger partial charge in [0.2, 0.25) is 0 Å². The standard InChI is InChI=1S/C32H40N2O3S/c1-3-5-6-10-23-33-32(36)34(24-11-14-26-12-8-7-9-13-26)28-17-21-30(22-18-28)38-29-19-15-27(16-20-29)25-31(35)37-4-2/h7-9,12-13,15-22H,3-6,10-11,14,23-25H2,1-2H3,(H,33,36). The van der Waals surface area contributed by atoms with Crippen LogP contribution in [0.5, 0.6) is 0 Å². The Labute approximate surface area is 232 Å². The Balaban J connectivity index is 1.61. The van der Waals surface area contributed by atoms with Gasteiger partial charge in [-0.3, -0.25) is 9.69 Å². The first-order valence-electron chi connectivity index (χ1n) is 13.7. The van der Waals surface area contributed by atoms with E-state index in [1.807, 2.05) is 54.3 Å². The van der Waals surface area contributed by atoms with Crippen LogP contribution in [-0.2, 0) is 22.4 Å². The van der Waals surface area contributed by atoms with Crippen molar-refractivity contribution in [3.05, 3.63) is 90.0 Å². The first-order chi connectivity index (χ1) is 18.6. The summed E-state index contributed by atoms with van der Waals surface area (Å²) < 4.78 is 5.03. The molecule has 0 spiro atoms. The van der Waals surface area contributed by atoms with Crippen LogP contribution < -0.4 is 10.2 Å². The normalized spacial score (nSPS) is 10.7. The van der Waals surface area contributed by atoms with Gasteiger partial charge in [-0.15, -0.1) is 0 Å². The van der Waals surface area contributed by atoms with Crippen LogP contribution in [0.25, 0.3) is 0 Å². The van der Waals surface area contributed by atoms with Crippen molar-refractivity contribution in [3.63, 3.8) is 0 Å². The Morgan fingerprint density at radius 3 is 2.13 bits per heavy atom. The number of ether oxygens (including phenoxy) is 1. The minimum absolute atomic E-state index is 0.0350. The van der Waals surface area contributed by atoms with Crippen LogP contribution in [0, 0.1) is 0 Å². The lowest BCUT2D eigenvalue weighted by atomic mass is 10.1. The van der Waals surface area contributed by atoms with E-state index in [0.717, 1.165) is 46.7 Å². The highest BCUT2D eigenvalue weighted by Crippen LogP contribution is 2.30. The number of benzene rings is 3. The molecule has 0 radical (unpaired) electrons. The zero-order valence-corrected chi connectivity index (χ0v) is 23.5. The molecule has 5 nitrogen and oxygen atoms in total. The Morgan fingerprint density at radius 1 is 0.789 bits per heavy atom. The Bertz CT molecular complexity index is 1100. The number of aryl methyl sites for hydroxylation is 1. The second-order valence-corrected chi connectivity index (χ2v) is 10.4. The number of unbranched alkanes of at least 4 members (excludes halogenated alkanes) is 3. The largest absolute Gasteiger partial charge is 0.466 e. The van der Waals surface area contributed by atoms with Gasteiger partial charge in [-0.1, -0.05) is 80.4 Å². The summed E-state index contributed by atoms with van der Waals surface area (Å²) >= 11 is 1.66. The van der Waals surface area contributed by atoms with Crippen LogP contribution in [0.1, 0.15) is 57.1 Å². The van der Waals surface area contributed by atoms with E-state index in [1.54, 1.807) is 11.8 Å². The van der Waals surface area contributed by atoms with E-state index in [1.165, 1.54) is 18.4 Å². The number of hydrogen-bond donors (Lipinski definition) is 1. The van der Waals surface area contributed by atoms with Gasteiger partial charge in [0.25, 0.3) is 0 Å². The lowest BCUT2D eigenvalue weighted by molar-refractivity contribution is -0.142. The molecule has 0 unspecified atom stereocenters. The number of hydrogen-bond acceptors (Lipinski definition) is 4. The third-order valence-electron chi connectivity index (χ3n) is 6.20. The Kier molecular flexibility index (Phi) is 12.8. The summed E-state index contributed by atoms with van der Waals surface area (Å²) in [6, 6.07) is 26.5. The number of carbonyl (C=O) groups is 2. The van der Waals surface area contributed by atoms with Gasteiger partial charge < -0.3 is 10.1 Å². The Hall–Kier alpha value is -3.25. The summed E-state index contributed by atoms with van der Waals surface area (Å²) in [7, 11) is 0. The third kappa shape index (κ3) is 10.3. The molecule has 0 aliphatic carbocycles. The second kappa shape index (κ2) is 16.6. The van der Waals surface area contributed by atoms with Gasteiger partial charge in [-0.25, -0.2) is 4.79 Å². The number of nitrogens with zero attached hydrogens (tertiary/aromatic N) is 1. The van der Waals surface area contributed by atoms with Gasteiger partial charge in [0.1, 0.15) is 0 Å². The molecule has 38 heavy (non-hydrogen) atoms. The molecule has 3 aromatic rings. The highest BCUT2D eigenvalue weighted by atomic mass is 32.2. The van der Waals surface area contributed by atoms with Crippen LogP contribution in [-0.4, -0.2) is 31.7 Å². The van der Waals surface area contributed by atoms with E-state index >= 15 is 0 Å². The topological polar surface area (TPSA) is 58.6 Å². The second-order valence-electron chi connectivity index (χ2n) is 9.26. The summed E-state index contributed by atoms with van der Waals surface area (Å²) in [5.74, 6) is -0.207. The van der Waals surface area contributed by atoms with Crippen LogP contribution in [0.3, 0.4) is 0 Å². The summed E-state index contributed by atoms with van der Waals surface area (Å²) in [6.45, 7) is 5.76. The Morgan fingerprint density at radius 2 is 1.47 bits per heavy atom. The molecule has 0 aromatic heterocycles. The van der Waals surface area contributed by atoms with Crippen LogP contribution in [0.2, 0.25) is 0 Å². The van der Waals surface area contributed by atoms with E-state index in [4.69, 9.17) is 4.74 Å². The fraction of sp³-hybridized carbons (Fsp3) is 0.375. The van der Waals surface area contributed by atoms with Gasteiger partial charge in [0, 0.05) is 28.6 Å². The minimum atomic E-state index is -0.207. The predicted molar refractivity (Wildman–Crippen MR) is 157 cm³/mol. The van der Waals surface area contributed by atoms with Crippen molar-refractivity contribution in [2.75, 3.05) is 24.6 Å². The number of amides is 2. The number of carbonyl (C=O) groups excluding carboxylic acids is 2. The molecule has 3 aromatic carbocycles. The summed E-state index contributed by atoms with van der Waals surface area (Å²) in [5, 5.41) is 3.12. The molecular formula is C32H40N2O3S. The van der Waals surface area contributed by atoms with Gasteiger partial charge in [-0.2, -0.15) is 0 Å². The SMILES string of the molecule is CCCCCCNC(=O)N(CCCc1ccccc1)c1ccc(Sc2ccc(CC(=O)OCC)cc2)cc1. The van der Waals surface area contributed by atoms with Crippen molar-refractivity contribution in [1.82, 2.24) is 5.32 Å². The zero-order chi connectivity index (χ0) is 27.0. The fourth-order valence-corrected chi connectivity index (χ4v) is 4.98. The molecule has 0 bridgehead atoms. The van der Waals surface area contributed by atoms with Crippen LogP contribution in [0.15, 0.2) is 88.7 Å². The average molecular weight is 533 g/mol. The number of rotatable bonds is 15. The number of urea groups is 1. The number of anilines is 1. The third-order valence-corrected chi connectivity index (χ3v) is 7.22. The molecule has 202 valence electrons. The van der Waals surface area contributed by atoms with Crippen molar-refractivity contribution in [2.24, 2.45) is 0 Å². The fourth-order valence-electron chi connectivity index (χ4n) is 4.16. The van der Waals surface area contributed by atoms with Gasteiger partial charge in [0.05, 0.1) is 13.0 Å². The summed E-state index contributed by atoms with van der Waals surface area (Å²) in [5.41, 5.74) is 3.13. The molecule has 0 aliphatic heterocycles. The molecule has 0 fully saturated rings. The smallest absolute Gasteiger partial charge is 0.321 e. The van der Waals surface area contributed by atoms with E-state index in [-0.39, 0.29) is 18.4 Å². The highest BCUT2D eigenvalue weighted by molar-refractivity contribution is 7.99. The van der Waals surface area contributed by atoms with Crippen molar-refractivity contribution < 1.29 is 14.3 Å². The molecule has 1 N–H and O–H groups in total. The quantitative estimate of drug-likeness (QED) is 0.161. The monoisotopic (exact) mass is 532 g/mol. The van der Waals surface area contributed by atoms with Gasteiger partial charge >= 0.3 is 12.0 Å². The van der Waals surface area contributed by atoms with Crippen molar-refractivity contribution >= 4 is 29.4 Å². The van der Waals surface area contributed by atoms with Gasteiger partial charge in [-0.05, 0) is 73.7 Å². The van der Waals surface area contributed by atoms with Crippen LogP contribution >= 0.6 is 11.8 Å². The maximum absolute atomic E-state index is 13.1. The lowest BCUT2D eigenvalue weighted by Crippen LogP contribution is -2.41. The highest BCUT2D eigenvalue weighted by Gasteiger charge is 2.15. The van der Waals surface area contributed by atoms with Crippen molar-refractivity contribution in [3.8, 4) is 0 Å². The molecule has 0 heterocycles. The van der Waals surface area contributed by atoms with E-state index < -0.39 is 0 Å². The summed E-state index contributed by atoms with van der Waals surface area (Å²) in [6.07, 6.45) is 6.63. The van der Waals surface area contributed by atoms with E-state index in [0.29, 0.717) is 19.7 Å². The maximum Gasteiger partial charge on any atom is 0.321 e. The zero-order valence-electron chi connectivity index (χ0n) is 22.7. The average Bonchev–Trinajstić information content (AvgIpc) is 2.93. The molecule has 3 rings (SSSR count).